The van der Waals surface area contributed by atoms with Gasteiger partial charge in [-0.25, -0.2) is 14.4 Å². The predicted molar refractivity (Wildman–Crippen MR) is 318 cm³/mol. The minimum absolute atomic E-state index is 0.0451. The van der Waals surface area contributed by atoms with Crippen LogP contribution in [0.15, 0.2) is 150 Å². The van der Waals surface area contributed by atoms with Crippen LogP contribution in [-0.4, -0.2) is 130 Å². The molecule has 0 aliphatic rings. The number of azo groups is 4. The first-order chi connectivity index (χ1) is 41.5. The molecule has 0 radical (unpaired) electrons. The summed E-state index contributed by atoms with van der Waals surface area (Å²) in [4.78, 5) is 36.4. The lowest BCUT2D eigenvalue weighted by Gasteiger charge is -2.11. The predicted octanol–water partition coefficient (Wildman–Crippen LogP) is 11.6. The Bertz CT molecular complexity index is 3850. The Kier molecular flexibility index (Phi) is 23.8. The van der Waals surface area contributed by atoms with Gasteiger partial charge < -0.3 is 39.8 Å². The smallest absolute Gasteiger partial charge is 0.335 e. The lowest BCUT2D eigenvalue weighted by Crippen LogP contribution is -2.19. The molecule has 468 valence electrons. The fraction of sp³-hybridized carbons (Fsp3) is 0.264. The summed E-state index contributed by atoms with van der Waals surface area (Å²) in [5.41, 5.74) is 2.97. The molecule has 0 unspecified atom stereocenters. The number of nitrogens with one attached hydrogen (secondary N) is 2. The average Bonchev–Trinajstić information content (AvgIpc) is 3.66. The van der Waals surface area contributed by atoms with Crippen LogP contribution in [0.5, 0.6) is 23.0 Å². The Labute approximate surface area is 503 Å². The summed E-state index contributed by atoms with van der Waals surface area (Å²) < 4.78 is 150. The van der Waals surface area contributed by atoms with Crippen molar-refractivity contribution in [3.63, 3.8) is 0 Å². The molecular formula is C53H56N10O21S4. The van der Waals surface area contributed by atoms with Crippen LogP contribution in [0.4, 0.5) is 61.7 Å². The number of aromatic carboxylic acids is 2. The molecule has 0 saturated carbocycles. The quantitative estimate of drug-likeness (QED) is 0.0110. The Morgan fingerprint density at radius 3 is 0.955 bits per heavy atom. The molecule has 6 aromatic carbocycles. The van der Waals surface area contributed by atoms with Crippen molar-refractivity contribution in [3.8, 4) is 23.0 Å². The zero-order chi connectivity index (χ0) is 64.2. The van der Waals surface area contributed by atoms with Crippen LogP contribution in [0.1, 0.15) is 57.5 Å². The van der Waals surface area contributed by atoms with Crippen molar-refractivity contribution in [2.45, 2.75) is 39.5 Å². The van der Waals surface area contributed by atoms with Crippen molar-refractivity contribution in [2.75, 3.05) is 60.1 Å². The Morgan fingerprint density at radius 2 is 0.659 bits per heavy atom. The van der Waals surface area contributed by atoms with E-state index < -0.39 is 81.5 Å². The van der Waals surface area contributed by atoms with Gasteiger partial charge in [-0.05, 0) is 148 Å². The van der Waals surface area contributed by atoms with Crippen LogP contribution >= 0.6 is 0 Å². The maximum Gasteiger partial charge on any atom is 0.335 e. The maximum atomic E-state index is 13.1. The van der Waals surface area contributed by atoms with Gasteiger partial charge in [0.25, 0.3) is 40.5 Å². The lowest BCUT2D eigenvalue weighted by atomic mass is 10.1. The summed E-state index contributed by atoms with van der Waals surface area (Å²) in [5.74, 6) is -4.88. The molecule has 8 N–H and O–H groups in total. The van der Waals surface area contributed by atoms with E-state index in [9.17, 15) is 67.4 Å². The van der Waals surface area contributed by atoms with Crippen molar-refractivity contribution in [2.24, 2.45) is 40.9 Å². The molecule has 31 nitrogen and oxygen atoms in total. The first kappa shape index (κ1) is 67.9. The highest BCUT2D eigenvalue weighted by atomic mass is 32.2. The molecule has 6 aromatic rings. The van der Waals surface area contributed by atoms with Crippen LogP contribution < -0.4 is 29.6 Å². The van der Waals surface area contributed by atoms with E-state index in [0.717, 1.165) is 0 Å². The number of carboxylic acid groups (broad SMARTS) is 2. The van der Waals surface area contributed by atoms with E-state index in [2.05, 4.69) is 51.5 Å². The number of hydrogen-bond acceptors (Lipinski definition) is 23. The fourth-order valence-corrected chi connectivity index (χ4v) is 9.20. The number of carboxylic acids is 2. The summed E-state index contributed by atoms with van der Waals surface area (Å²) in [7, 11) is -17.2. The largest absolute Gasteiger partial charge is 0.491 e. The first-order valence-corrected chi connectivity index (χ1v) is 32.2. The van der Waals surface area contributed by atoms with Crippen LogP contribution in [-0.2, 0) is 40.5 Å². The van der Waals surface area contributed by atoms with E-state index in [1.807, 2.05) is 0 Å². The average molecular weight is 1300 g/mol. The number of rotatable bonds is 32. The van der Waals surface area contributed by atoms with Gasteiger partial charge in [0.15, 0.2) is 0 Å². The number of amides is 2. The van der Waals surface area contributed by atoms with Crippen molar-refractivity contribution in [1.29, 1.82) is 0 Å². The third kappa shape index (κ3) is 23.6. The second kappa shape index (κ2) is 30.9. The van der Waals surface area contributed by atoms with Gasteiger partial charge in [0.1, 0.15) is 45.7 Å². The molecule has 35 heteroatoms. The molecule has 0 atom stereocenters. The van der Waals surface area contributed by atoms with Crippen LogP contribution in [0, 0.1) is 13.8 Å². The molecule has 0 aromatic heterocycles. The molecule has 0 spiro atoms. The molecule has 2 amide bonds. The van der Waals surface area contributed by atoms with Crippen LogP contribution in [0.3, 0.4) is 0 Å². The molecular weight excluding hydrogens is 1240 g/mol. The van der Waals surface area contributed by atoms with Gasteiger partial charge >= 0.3 is 18.0 Å². The summed E-state index contributed by atoms with van der Waals surface area (Å²) in [6, 6.07) is 25.2. The summed E-state index contributed by atoms with van der Waals surface area (Å²) >= 11 is 0. The number of aryl methyl sites for hydroxylation is 2. The van der Waals surface area contributed by atoms with Crippen molar-refractivity contribution < 1.29 is 95.4 Å². The molecule has 0 heterocycles. The highest BCUT2D eigenvalue weighted by molar-refractivity contribution is 7.86. The van der Waals surface area contributed by atoms with Gasteiger partial charge in [0.2, 0.25) is 0 Å². The molecule has 0 aliphatic heterocycles. The number of ether oxygens (including phenoxy) is 4. The van der Waals surface area contributed by atoms with Gasteiger partial charge in [-0.15, -0.1) is 20.5 Å². The van der Waals surface area contributed by atoms with E-state index in [0.29, 0.717) is 33.9 Å². The number of hydrogen-bond donors (Lipinski definition) is 8. The van der Waals surface area contributed by atoms with Gasteiger partial charge in [0, 0.05) is 23.5 Å². The van der Waals surface area contributed by atoms with Crippen molar-refractivity contribution >= 4 is 115 Å². The van der Waals surface area contributed by atoms with E-state index in [1.165, 1.54) is 48.5 Å². The molecule has 0 saturated heterocycles. The Balaban J connectivity index is 1.12. The Morgan fingerprint density at radius 1 is 0.375 bits per heavy atom. The Hall–Kier alpha value is -9.23. The van der Waals surface area contributed by atoms with Gasteiger partial charge in [0.05, 0.1) is 83.3 Å². The minimum Gasteiger partial charge on any atom is -0.491 e. The third-order valence-corrected chi connectivity index (χ3v) is 14.7. The van der Waals surface area contributed by atoms with Crippen molar-refractivity contribution in [1.82, 2.24) is 0 Å². The topological polar surface area (TPSA) is 469 Å². The molecule has 6 rings (SSSR count). The van der Waals surface area contributed by atoms with E-state index in [-0.39, 0.29) is 120 Å². The molecule has 0 fully saturated rings. The number of anilines is 2. The minimum atomic E-state index is -4.30. The van der Waals surface area contributed by atoms with E-state index >= 15 is 0 Å². The normalized spacial score (nSPS) is 12.2. The van der Waals surface area contributed by atoms with Crippen molar-refractivity contribution in [3.05, 3.63) is 131 Å². The second-order valence-corrected chi connectivity index (χ2v) is 24.9. The van der Waals surface area contributed by atoms with Crippen LogP contribution in [0.25, 0.3) is 0 Å². The zero-order valence-electron chi connectivity index (χ0n) is 46.4. The third-order valence-electron chi connectivity index (χ3n) is 11.5. The maximum absolute atomic E-state index is 13.1. The second-order valence-electron chi connectivity index (χ2n) is 18.6. The van der Waals surface area contributed by atoms with Gasteiger partial charge in [-0.2, -0.15) is 54.1 Å². The molecule has 0 bridgehead atoms. The monoisotopic (exact) mass is 1300 g/mol. The van der Waals surface area contributed by atoms with Crippen LogP contribution in [0.2, 0.25) is 0 Å². The highest BCUT2D eigenvalue weighted by Gasteiger charge is 2.17. The number of carbonyl (C=O) groups is 3. The summed E-state index contributed by atoms with van der Waals surface area (Å²) in [6.45, 7) is 2.50. The number of urea groups is 1. The molecule has 88 heavy (non-hydrogen) atoms. The van der Waals surface area contributed by atoms with E-state index in [1.54, 1.807) is 74.5 Å². The first-order valence-electron chi connectivity index (χ1n) is 25.8. The fourth-order valence-electron chi connectivity index (χ4n) is 7.27. The lowest BCUT2D eigenvalue weighted by molar-refractivity contribution is 0.0685. The summed E-state index contributed by atoms with van der Waals surface area (Å²) in [6.07, 6.45) is -0.456. The standard InChI is InChI=1S/C53H56N10O21S4/c1-33-27-45(49(83-21-5-25-87(75,76)77)31-43(33)60-58-41-17-7-35(51(64)65)29-47(41)81-19-3-23-85(69,70)71)62-56-39-13-9-37(10-14-39)54-53(68)55-38-11-15-40(16-12-38)57-63-46-28-34(2)44(32-50(46)84-22-6-26-88(78,79)80)61-59-42-18-8-36(52(66)67)30-48(42)82-20-4-24-86(72,73)74/h7-18,27-32H,3-6,19-26H2,1-2H3,(H,64,65)(H,66,67)(H2,54,55,68)(H,69,70,71)(H,72,73,74)(H,75,76,77)(H,78,79,80)/b60-58-,61-59+,62-56?,63-57?. The van der Waals surface area contributed by atoms with E-state index in [4.69, 9.17) is 28.1 Å². The summed E-state index contributed by atoms with van der Waals surface area (Å²) in [5, 5.41) is 58.5. The van der Waals surface area contributed by atoms with Gasteiger partial charge in [-0.3, -0.25) is 18.2 Å². The number of benzene rings is 6. The highest BCUT2D eigenvalue weighted by Crippen LogP contribution is 2.40. The van der Waals surface area contributed by atoms with Gasteiger partial charge in [-0.1, -0.05) is 0 Å². The number of nitrogens with zero attached hydrogens (tertiary/aromatic N) is 8. The SMILES string of the molecule is Cc1cc(N=Nc2ccc(NC(=O)Nc3ccc(N=Nc4cc(C)c(/N=N/c5ccc(C(=O)O)cc5OCCCS(=O)(=O)O)cc4OCCCS(=O)(=O)O)cc3)cc2)c(OCCCS(=O)(=O)O)cc1/N=N\c1ccc(C(=O)O)cc1OCCCS(=O)(=O)O. The number of carbonyl (C=O) groups excluding carboxylic acids is 1. The zero-order valence-corrected chi connectivity index (χ0v) is 49.7. The molecule has 0 aliphatic carbocycles.